The molecule has 1 N–H and O–H groups in total. The summed E-state index contributed by atoms with van der Waals surface area (Å²) in [6.45, 7) is 1.40. The van der Waals surface area contributed by atoms with Crippen LogP contribution in [0.4, 0.5) is 0 Å². The standard InChI is InChI=1S/C12H13NO3/c1-10(14)13-9-5-8-12(15)16-11-6-3-2-4-7-11/h2-7,9H,8H2,1H3,(H,13,14)/b9-5+. The highest BCUT2D eigenvalue weighted by molar-refractivity contribution is 5.75. The predicted octanol–water partition coefficient (Wildman–Crippen LogP) is 1.63. The summed E-state index contributed by atoms with van der Waals surface area (Å²) in [5, 5.41) is 2.44. The Bertz CT molecular complexity index is 385. The van der Waals surface area contributed by atoms with Gasteiger partial charge in [-0.3, -0.25) is 9.59 Å². The van der Waals surface area contributed by atoms with Gasteiger partial charge < -0.3 is 10.1 Å². The summed E-state index contributed by atoms with van der Waals surface area (Å²) in [6.07, 6.45) is 3.08. The van der Waals surface area contributed by atoms with Crippen molar-refractivity contribution in [2.45, 2.75) is 13.3 Å². The molecular formula is C12H13NO3. The molecule has 16 heavy (non-hydrogen) atoms. The number of carbonyl (C=O) groups excluding carboxylic acids is 2. The normalized spacial score (nSPS) is 10.1. The predicted molar refractivity (Wildman–Crippen MR) is 59.7 cm³/mol. The molecule has 0 aromatic heterocycles. The lowest BCUT2D eigenvalue weighted by atomic mass is 10.3. The molecule has 0 heterocycles. The van der Waals surface area contributed by atoms with E-state index in [9.17, 15) is 9.59 Å². The molecule has 0 radical (unpaired) electrons. The van der Waals surface area contributed by atoms with Crippen LogP contribution in [0.15, 0.2) is 42.6 Å². The molecule has 0 saturated carbocycles. The van der Waals surface area contributed by atoms with Crippen molar-refractivity contribution in [2.75, 3.05) is 0 Å². The maximum Gasteiger partial charge on any atom is 0.315 e. The van der Waals surface area contributed by atoms with Crippen LogP contribution >= 0.6 is 0 Å². The summed E-state index contributed by atoms with van der Waals surface area (Å²) < 4.78 is 5.02. The summed E-state index contributed by atoms with van der Waals surface area (Å²) in [5.41, 5.74) is 0. The van der Waals surface area contributed by atoms with Crippen molar-refractivity contribution in [3.63, 3.8) is 0 Å². The molecule has 0 fully saturated rings. The van der Waals surface area contributed by atoms with Crippen LogP contribution in [0.25, 0.3) is 0 Å². The van der Waals surface area contributed by atoms with E-state index in [1.54, 1.807) is 24.3 Å². The third kappa shape index (κ3) is 4.95. The summed E-state index contributed by atoms with van der Waals surface area (Å²) in [7, 11) is 0. The van der Waals surface area contributed by atoms with Crippen molar-refractivity contribution >= 4 is 11.9 Å². The molecular weight excluding hydrogens is 206 g/mol. The highest BCUT2D eigenvalue weighted by Gasteiger charge is 2.00. The van der Waals surface area contributed by atoms with Crippen LogP contribution in [-0.2, 0) is 9.59 Å². The average Bonchev–Trinajstić information content (AvgIpc) is 2.25. The molecule has 1 amide bonds. The van der Waals surface area contributed by atoms with Crippen molar-refractivity contribution in [3.05, 3.63) is 42.6 Å². The second-order valence-electron chi connectivity index (χ2n) is 3.09. The molecule has 0 unspecified atom stereocenters. The Labute approximate surface area is 93.9 Å². The lowest BCUT2D eigenvalue weighted by Crippen LogP contribution is -2.12. The maximum atomic E-state index is 11.3. The third-order valence-corrected chi connectivity index (χ3v) is 1.66. The van der Waals surface area contributed by atoms with Gasteiger partial charge in [0.05, 0.1) is 6.42 Å². The van der Waals surface area contributed by atoms with Crippen molar-refractivity contribution in [2.24, 2.45) is 0 Å². The van der Waals surface area contributed by atoms with Gasteiger partial charge in [-0.1, -0.05) is 24.3 Å². The summed E-state index contributed by atoms with van der Waals surface area (Å²) >= 11 is 0. The Balaban J connectivity index is 2.32. The summed E-state index contributed by atoms with van der Waals surface area (Å²) in [6, 6.07) is 8.82. The minimum absolute atomic E-state index is 0.120. The number of amides is 1. The van der Waals surface area contributed by atoms with E-state index in [0.717, 1.165) is 0 Å². The fourth-order valence-electron chi connectivity index (χ4n) is 0.993. The molecule has 1 rings (SSSR count). The second-order valence-corrected chi connectivity index (χ2v) is 3.09. The summed E-state index contributed by atoms with van der Waals surface area (Å²) in [4.78, 5) is 21.8. The molecule has 0 bridgehead atoms. The van der Waals surface area contributed by atoms with Crippen LogP contribution in [0.2, 0.25) is 0 Å². The van der Waals surface area contributed by atoms with E-state index in [2.05, 4.69) is 5.32 Å². The van der Waals surface area contributed by atoms with Crippen molar-refractivity contribution in [3.8, 4) is 5.75 Å². The Morgan fingerprint density at radius 2 is 2.00 bits per heavy atom. The van der Waals surface area contributed by atoms with Crippen LogP contribution < -0.4 is 10.1 Å². The van der Waals surface area contributed by atoms with Gasteiger partial charge in [0.1, 0.15) is 5.75 Å². The molecule has 0 aliphatic heterocycles. The summed E-state index contributed by atoms with van der Waals surface area (Å²) in [5.74, 6) is -0.0269. The van der Waals surface area contributed by atoms with E-state index in [-0.39, 0.29) is 18.3 Å². The second kappa shape index (κ2) is 6.40. The topological polar surface area (TPSA) is 55.4 Å². The Morgan fingerprint density at radius 1 is 1.31 bits per heavy atom. The Morgan fingerprint density at radius 3 is 2.62 bits per heavy atom. The van der Waals surface area contributed by atoms with Crippen LogP contribution in [0, 0.1) is 0 Å². The van der Waals surface area contributed by atoms with Crippen LogP contribution in [0.5, 0.6) is 5.75 Å². The SMILES string of the molecule is CC(=O)N/C=C/CC(=O)Oc1ccccc1. The van der Waals surface area contributed by atoms with Crippen molar-refractivity contribution < 1.29 is 14.3 Å². The molecule has 84 valence electrons. The number of rotatable bonds is 4. The lowest BCUT2D eigenvalue weighted by Gasteiger charge is -2.01. The smallest absolute Gasteiger partial charge is 0.315 e. The number of carbonyl (C=O) groups is 2. The first-order valence-corrected chi connectivity index (χ1v) is 4.86. The monoisotopic (exact) mass is 219 g/mol. The van der Waals surface area contributed by atoms with Gasteiger partial charge in [-0.2, -0.15) is 0 Å². The van der Waals surface area contributed by atoms with Crippen molar-refractivity contribution in [1.29, 1.82) is 0 Å². The first-order chi connectivity index (χ1) is 7.68. The lowest BCUT2D eigenvalue weighted by molar-refractivity contribution is -0.133. The van der Waals surface area contributed by atoms with Gasteiger partial charge in [0.2, 0.25) is 5.91 Å². The van der Waals surface area contributed by atoms with Gasteiger partial charge in [-0.15, -0.1) is 0 Å². The molecule has 0 spiro atoms. The van der Waals surface area contributed by atoms with Gasteiger partial charge in [0.15, 0.2) is 0 Å². The van der Waals surface area contributed by atoms with Gasteiger partial charge >= 0.3 is 5.97 Å². The molecule has 0 aliphatic rings. The first kappa shape index (κ1) is 12.0. The van der Waals surface area contributed by atoms with E-state index in [0.29, 0.717) is 5.75 Å². The number of esters is 1. The fourth-order valence-corrected chi connectivity index (χ4v) is 0.993. The number of benzene rings is 1. The Hall–Kier alpha value is -2.10. The maximum absolute atomic E-state index is 11.3. The zero-order chi connectivity index (χ0) is 11.8. The number of hydrogen-bond donors (Lipinski definition) is 1. The largest absolute Gasteiger partial charge is 0.426 e. The molecule has 1 aromatic rings. The fraction of sp³-hybridized carbons (Fsp3) is 0.167. The number of para-hydroxylation sites is 1. The van der Waals surface area contributed by atoms with E-state index in [1.165, 1.54) is 19.2 Å². The number of hydrogen-bond acceptors (Lipinski definition) is 3. The molecule has 4 nitrogen and oxygen atoms in total. The number of ether oxygens (including phenoxy) is 1. The van der Waals surface area contributed by atoms with Crippen molar-refractivity contribution in [1.82, 2.24) is 5.32 Å². The molecule has 0 aliphatic carbocycles. The molecule has 4 heteroatoms. The Kier molecular flexibility index (Phi) is 4.79. The van der Waals surface area contributed by atoms with Gasteiger partial charge in [0, 0.05) is 13.1 Å². The quantitative estimate of drug-likeness (QED) is 0.618. The third-order valence-electron chi connectivity index (χ3n) is 1.66. The first-order valence-electron chi connectivity index (χ1n) is 4.86. The average molecular weight is 219 g/mol. The highest BCUT2D eigenvalue weighted by Crippen LogP contribution is 2.08. The molecule has 0 saturated heterocycles. The minimum Gasteiger partial charge on any atom is -0.426 e. The van der Waals surface area contributed by atoms with Gasteiger partial charge in [0.25, 0.3) is 0 Å². The number of nitrogens with one attached hydrogen (secondary N) is 1. The van der Waals surface area contributed by atoms with Crippen LogP contribution in [0.3, 0.4) is 0 Å². The van der Waals surface area contributed by atoms with Crippen LogP contribution in [0.1, 0.15) is 13.3 Å². The zero-order valence-electron chi connectivity index (χ0n) is 8.97. The van der Waals surface area contributed by atoms with Gasteiger partial charge in [-0.25, -0.2) is 0 Å². The minimum atomic E-state index is -0.368. The molecule has 1 aromatic carbocycles. The van der Waals surface area contributed by atoms with E-state index in [4.69, 9.17) is 4.74 Å². The highest BCUT2D eigenvalue weighted by atomic mass is 16.5. The molecule has 0 atom stereocenters. The van der Waals surface area contributed by atoms with Gasteiger partial charge in [-0.05, 0) is 12.1 Å². The van der Waals surface area contributed by atoms with E-state index in [1.807, 2.05) is 6.07 Å². The van der Waals surface area contributed by atoms with Crippen LogP contribution in [-0.4, -0.2) is 11.9 Å². The zero-order valence-corrected chi connectivity index (χ0v) is 8.97. The van der Waals surface area contributed by atoms with E-state index < -0.39 is 0 Å². The van der Waals surface area contributed by atoms with E-state index >= 15 is 0 Å².